The molecule has 2 heterocycles. The van der Waals surface area contributed by atoms with E-state index in [-0.39, 0.29) is 11.5 Å². The molecule has 0 N–H and O–H groups in total. The molecule has 0 unspecified atom stereocenters. The van der Waals surface area contributed by atoms with Crippen molar-refractivity contribution in [3.8, 4) is 0 Å². The minimum Gasteiger partial charge on any atom is -0.262 e. The normalized spacial score (nSPS) is 17.6. The summed E-state index contributed by atoms with van der Waals surface area (Å²) < 4.78 is 22.7. The summed E-state index contributed by atoms with van der Waals surface area (Å²) in [4.78, 5) is 17.5. The van der Waals surface area contributed by atoms with Crippen molar-refractivity contribution in [2.75, 3.05) is 5.75 Å². The summed E-state index contributed by atoms with van der Waals surface area (Å²) in [6.07, 6.45) is 4.79. The highest BCUT2D eigenvalue weighted by molar-refractivity contribution is 7.90. The fourth-order valence-electron chi connectivity index (χ4n) is 1.64. The molecule has 6 heteroatoms. The summed E-state index contributed by atoms with van der Waals surface area (Å²) in [6, 6.07) is 0. The largest absolute Gasteiger partial charge is 0.262 e. The number of hydrogen-bond acceptors (Lipinski definition) is 5. The van der Waals surface area contributed by atoms with E-state index in [9.17, 15) is 13.2 Å². The molecule has 0 saturated carbocycles. The maximum Gasteiger partial charge on any atom is 0.240 e. The first-order valence-corrected chi connectivity index (χ1v) is 6.18. The lowest BCUT2D eigenvalue weighted by Gasteiger charge is -2.16. The molecular weight excluding hydrogens is 216 g/mol. The van der Waals surface area contributed by atoms with E-state index in [1.165, 1.54) is 18.5 Å². The van der Waals surface area contributed by atoms with Crippen molar-refractivity contribution in [2.45, 2.75) is 12.2 Å². The predicted octanol–water partition coefficient (Wildman–Crippen LogP) is 0.520. The van der Waals surface area contributed by atoms with Crippen LogP contribution >= 0.6 is 0 Å². The van der Waals surface area contributed by atoms with Crippen molar-refractivity contribution >= 4 is 21.6 Å². The predicted molar refractivity (Wildman–Crippen MR) is 53.2 cm³/mol. The number of aliphatic imine (C=N–C) groups is 1. The van der Waals surface area contributed by atoms with Crippen molar-refractivity contribution in [3.63, 3.8) is 0 Å². The van der Waals surface area contributed by atoms with Crippen LogP contribution in [0.3, 0.4) is 0 Å². The summed E-state index contributed by atoms with van der Waals surface area (Å²) in [7, 11) is -3.01. The van der Waals surface area contributed by atoms with E-state index in [0.29, 0.717) is 17.7 Å². The summed E-state index contributed by atoms with van der Waals surface area (Å²) in [6.45, 7) is 0. The SMILES string of the molecule is O=C=Nc1cncc2c1CCS(=O)(=O)C2. The monoisotopic (exact) mass is 224 g/mol. The molecule has 15 heavy (non-hydrogen) atoms. The van der Waals surface area contributed by atoms with Crippen molar-refractivity contribution in [3.05, 3.63) is 23.5 Å². The van der Waals surface area contributed by atoms with E-state index in [0.717, 1.165) is 5.56 Å². The fraction of sp³-hybridized carbons (Fsp3) is 0.333. The highest BCUT2D eigenvalue weighted by Gasteiger charge is 2.23. The van der Waals surface area contributed by atoms with Crippen molar-refractivity contribution < 1.29 is 13.2 Å². The first-order valence-electron chi connectivity index (χ1n) is 4.36. The van der Waals surface area contributed by atoms with Gasteiger partial charge >= 0.3 is 0 Å². The second-order valence-corrected chi connectivity index (χ2v) is 5.53. The standard InChI is InChI=1S/C9H8N2O3S/c12-6-11-9-4-10-3-7-5-15(13,14)2-1-8(7)9/h3-4H,1-2,5H2. The first kappa shape index (κ1) is 10.0. The van der Waals surface area contributed by atoms with Gasteiger partial charge in [0.2, 0.25) is 6.08 Å². The quantitative estimate of drug-likeness (QED) is 0.514. The summed E-state index contributed by atoms with van der Waals surface area (Å²) in [5.41, 5.74) is 1.86. The van der Waals surface area contributed by atoms with E-state index in [2.05, 4.69) is 9.98 Å². The summed E-state index contributed by atoms with van der Waals surface area (Å²) in [5, 5.41) is 0. The molecule has 0 aromatic carbocycles. The van der Waals surface area contributed by atoms with Crippen LogP contribution < -0.4 is 0 Å². The molecule has 0 spiro atoms. The van der Waals surface area contributed by atoms with E-state index < -0.39 is 9.84 Å². The number of rotatable bonds is 1. The Morgan fingerprint density at radius 2 is 2.20 bits per heavy atom. The molecule has 0 radical (unpaired) electrons. The molecule has 1 aromatic heterocycles. The smallest absolute Gasteiger partial charge is 0.240 e. The van der Waals surface area contributed by atoms with E-state index in [1.54, 1.807) is 0 Å². The van der Waals surface area contributed by atoms with Gasteiger partial charge < -0.3 is 0 Å². The second-order valence-electron chi connectivity index (χ2n) is 3.34. The highest BCUT2D eigenvalue weighted by atomic mass is 32.2. The summed E-state index contributed by atoms with van der Waals surface area (Å²) >= 11 is 0. The third-order valence-corrected chi connectivity index (χ3v) is 3.91. The number of sulfone groups is 1. The van der Waals surface area contributed by atoms with Gasteiger partial charge in [0.25, 0.3) is 0 Å². The molecule has 1 aliphatic rings. The Hall–Kier alpha value is -1.52. The number of hydrogen-bond donors (Lipinski definition) is 0. The van der Waals surface area contributed by atoms with Crippen LogP contribution in [0.5, 0.6) is 0 Å². The third kappa shape index (κ3) is 1.95. The number of carbonyl (C=O) groups excluding carboxylic acids is 1. The minimum atomic E-state index is -3.01. The summed E-state index contributed by atoms with van der Waals surface area (Å²) in [5.74, 6) is 0.0863. The zero-order valence-electron chi connectivity index (χ0n) is 7.80. The van der Waals surface area contributed by atoms with Gasteiger partial charge in [-0.2, -0.15) is 4.99 Å². The Morgan fingerprint density at radius 1 is 1.40 bits per heavy atom. The van der Waals surface area contributed by atoms with Crippen LogP contribution in [0.25, 0.3) is 0 Å². The topological polar surface area (TPSA) is 76.5 Å². The van der Waals surface area contributed by atoms with Gasteiger partial charge in [0, 0.05) is 6.20 Å². The average molecular weight is 224 g/mol. The Morgan fingerprint density at radius 3 is 2.93 bits per heavy atom. The number of isocyanates is 1. The Bertz CT molecular complexity index is 544. The van der Waals surface area contributed by atoms with Gasteiger partial charge in [0.05, 0.1) is 23.4 Å². The van der Waals surface area contributed by atoms with E-state index >= 15 is 0 Å². The van der Waals surface area contributed by atoms with Crippen LogP contribution in [0.2, 0.25) is 0 Å². The van der Waals surface area contributed by atoms with Gasteiger partial charge in [0.15, 0.2) is 9.84 Å². The number of pyridine rings is 1. The Kier molecular flexibility index (Phi) is 2.38. The van der Waals surface area contributed by atoms with Crippen LogP contribution in [-0.4, -0.2) is 25.2 Å². The second kappa shape index (κ2) is 3.56. The van der Waals surface area contributed by atoms with Crippen LogP contribution in [0, 0.1) is 0 Å². The maximum absolute atomic E-state index is 11.3. The van der Waals surface area contributed by atoms with Crippen molar-refractivity contribution in [1.82, 2.24) is 4.98 Å². The van der Waals surface area contributed by atoms with E-state index in [1.807, 2.05) is 0 Å². The van der Waals surface area contributed by atoms with Gasteiger partial charge in [-0.3, -0.25) is 4.98 Å². The molecule has 0 atom stereocenters. The van der Waals surface area contributed by atoms with Crippen LogP contribution in [0.15, 0.2) is 17.4 Å². The van der Waals surface area contributed by atoms with Crippen LogP contribution in [0.1, 0.15) is 11.1 Å². The zero-order valence-corrected chi connectivity index (χ0v) is 8.62. The molecule has 0 amide bonds. The molecule has 78 valence electrons. The van der Waals surface area contributed by atoms with Gasteiger partial charge in [-0.1, -0.05) is 0 Å². The molecule has 0 fully saturated rings. The highest BCUT2D eigenvalue weighted by Crippen LogP contribution is 2.27. The first-order chi connectivity index (χ1) is 7.12. The van der Waals surface area contributed by atoms with Gasteiger partial charge in [-0.05, 0) is 17.5 Å². The lowest BCUT2D eigenvalue weighted by molar-refractivity contribution is 0.565. The Labute approximate surface area is 86.8 Å². The molecule has 1 aliphatic heterocycles. The molecular formula is C9H8N2O3S. The maximum atomic E-state index is 11.3. The number of fused-ring (bicyclic) bond motifs is 1. The average Bonchev–Trinajstić information content (AvgIpc) is 2.16. The van der Waals surface area contributed by atoms with Crippen molar-refractivity contribution in [2.24, 2.45) is 4.99 Å². The molecule has 0 aliphatic carbocycles. The molecule has 5 nitrogen and oxygen atoms in total. The minimum absolute atomic E-state index is 0.0163. The molecule has 2 rings (SSSR count). The molecule has 0 bridgehead atoms. The van der Waals surface area contributed by atoms with Crippen LogP contribution in [0.4, 0.5) is 5.69 Å². The number of nitrogens with zero attached hydrogens (tertiary/aromatic N) is 2. The van der Waals surface area contributed by atoms with E-state index in [4.69, 9.17) is 0 Å². The lowest BCUT2D eigenvalue weighted by Crippen LogP contribution is -2.19. The molecule has 1 aromatic rings. The fourth-order valence-corrected chi connectivity index (χ4v) is 3.03. The van der Waals surface area contributed by atoms with Crippen LogP contribution in [-0.2, 0) is 26.8 Å². The lowest BCUT2D eigenvalue weighted by atomic mass is 10.1. The van der Waals surface area contributed by atoms with Gasteiger partial charge in [-0.15, -0.1) is 0 Å². The van der Waals surface area contributed by atoms with Crippen molar-refractivity contribution in [1.29, 1.82) is 0 Å². The van der Waals surface area contributed by atoms with Gasteiger partial charge in [0.1, 0.15) is 0 Å². The zero-order chi connectivity index (χ0) is 10.9. The number of aromatic nitrogens is 1. The third-order valence-electron chi connectivity index (χ3n) is 2.33. The molecule has 0 saturated heterocycles. The van der Waals surface area contributed by atoms with Gasteiger partial charge in [-0.25, -0.2) is 13.2 Å². The Balaban J connectivity index is 2.55.